The average molecular weight is 334 g/mol. The minimum atomic E-state index is -1.53. The Bertz CT molecular complexity index is 847. The molecule has 0 aliphatic rings. The van der Waals surface area contributed by atoms with Crippen molar-refractivity contribution in [2.24, 2.45) is 0 Å². The van der Waals surface area contributed by atoms with Crippen molar-refractivity contribution in [1.29, 1.82) is 0 Å². The SMILES string of the molecule is O=C(O)CC(NC(=O)CCn1nnc2ccccc2c1=O)C(=O)O. The highest BCUT2D eigenvalue weighted by molar-refractivity contribution is 5.86. The second kappa shape index (κ2) is 7.31. The number of carboxylic acids is 2. The summed E-state index contributed by atoms with van der Waals surface area (Å²) in [5, 5.41) is 27.5. The van der Waals surface area contributed by atoms with E-state index in [9.17, 15) is 19.2 Å². The van der Waals surface area contributed by atoms with Crippen LogP contribution in [0.2, 0.25) is 0 Å². The number of fused-ring (bicyclic) bond motifs is 1. The molecule has 1 unspecified atom stereocenters. The van der Waals surface area contributed by atoms with E-state index in [4.69, 9.17) is 10.2 Å². The summed E-state index contributed by atoms with van der Waals surface area (Å²) in [6.45, 7) is -0.109. The Labute approximate surface area is 134 Å². The van der Waals surface area contributed by atoms with Crippen molar-refractivity contribution in [2.45, 2.75) is 25.4 Å². The van der Waals surface area contributed by atoms with Crippen molar-refractivity contribution in [2.75, 3.05) is 0 Å². The van der Waals surface area contributed by atoms with Crippen LogP contribution in [0.3, 0.4) is 0 Å². The number of carbonyl (C=O) groups excluding carboxylic acids is 1. The van der Waals surface area contributed by atoms with Gasteiger partial charge in [0.05, 0.1) is 18.4 Å². The molecule has 1 heterocycles. The number of hydrogen-bond donors (Lipinski definition) is 3. The molecule has 126 valence electrons. The van der Waals surface area contributed by atoms with Crippen LogP contribution in [0.1, 0.15) is 12.8 Å². The van der Waals surface area contributed by atoms with Gasteiger partial charge in [0.25, 0.3) is 5.56 Å². The normalized spacial score (nSPS) is 11.8. The van der Waals surface area contributed by atoms with Crippen LogP contribution in [-0.2, 0) is 20.9 Å². The highest BCUT2D eigenvalue weighted by Gasteiger charge is 2.22. The van der Waals surface area contributed by atoms with Crippen LogP contribution in [0.25, 0.3) is 10.9 Å². The van der Waals surface area contributed by atoms with Crippen LogP contribution in [0.4, 0.5) is 0 Å². The van der Waals surface area contributed by atoms with Gasteiger partial charge < -0.3 is 15.5 Å². The molecule has 1 amide bonds. The lowest BCUT2D eigenvalue weighted by molar-refractivity contribution is -0.147. The molecule has 2 rings (SSSR count). The third-order valence-corrected chi connectivity index (χ3v) is 3.19. The average Bonchev–Trinajstić information content (AvgIpc) is 2.53. The monoisotopic (exact) mass is 334 g/mol. The molecule has 0 saturated heterocycles. The smallest absolute Gasteiger partial charge is 0.326 e. The van der Waals surface area contributed by atoms with Crippen molar-refractivity contribution in [3.8, 4) is 0 Å². The summed E-state index contributed by atoms with van der Waals surface area (Å²) >= 11 is 0. The first-order chi connectivity index (χ1) is 11.4. The zero-order valence-corrected chi connectivity index (χ0v) is 12.4. The van der Waals surface area contributed by atoms with E-state index in [0.29, 0.717) is 10.9 Å². The van der Waals surface area contributed by atoms with E-state index in [1.165, 1.54) is 0 Å². The minimum Gasteiger partial charge on any atom is -0.481 e. The fourth-order valence-electron chi connectivity index (χ4n) is 2.02. The zero-order valence-electron chi connectivity index (χ0n) is 12.4. The summed E-state index contributed by atoms with van der Waals surface area (Å²) in [6, 6.07) is 5.06. The standard InChI is InChI=1S/C14H14N4O6/c19-11(15-10(14(23)24)7-12(20)21)5-6-18-13(22)8-3-1-2-4-9(8)16-17-18/h1-4,10H,5-7H2,(H,15,19)(H,20,21)(H,23,24). The summed E-state index contributed by atoms with van der Waals surface area (Å²) in [4.78, 5) is 45.4. The van der Waals surface area contributed by atoms with Crippen molar-refractivity contribution < 1.29 is 24.6 Å². The van der Waals surface area contributed by atoms with E-state index < -0.39 is 35.9 Å². The molecular formula is C14H14N4O6. The molecule has 0 aliphatic heterocycles. The molecule has 1 aromatic heterocycles. The van der Waals surface area contributed by atoms with Gasteiger partial charge in [-0.2, -0.15) is 0 Å². The number of rotatable bonds is 7. The fraction of sp³-hybridized carbons (Fsp3) is 0.286. The lowest BCUT2D eigenvalue weighted by atomic mass is 10.2. The first-order valence-electron chi connectivity index (χ1n) is 6.95. The number of amides is 1. The van der Waals surface area contributed by atoms with E-state index in [0.717, 1.165) is 4.68 Å². The lowest BCUT2D eigenvalue weighted by Crippen LogP contribution is -2.42. The van der Waals surface area contributed by atoms with Gasteiger partial charge in [-0.1, -0.05) is 17.3 Å². The predicted octanol–water partition coefficient (Wildman–Crippen LogP) is -0.774. The summed E-state index contributed by atoms with van der Waals surface area (Å²) in [5.74, 6) is -3.50. The number of nitrogens with zero attached hydrogens (tertiary/aromatic N) is 3. The Hall–Kier alpha value is -3.30. The molecule has 0 bridgehead atoms. The third kappa shape index (κ3) is 4.12. The first-order valence-corrected chi connectivity index (χ1v) is 6.95. The van der Waals surface area contributed by atoms with Crippen LogP contribution in [0, 0.1) is 0 Å². The van der Waals surface area contributed by atoms with Crippen molar-refractivity contribution in [3.63, 3.8) is 0 Å². The molecule has 10 heteroatoms. The topological polar surface area (TPSA) is 151 Å². The fourth-order valence-corrected chi connectivity index (χ4v) is 2.02. The maximum atomic E-state index is 12.2. The largest absolute Gasteiger partial charge is 0.481 e. The molecule has 10 nitrogen and oxygen atoms in total. The highest BCUT2D eigenvalue weighted by atomic mass is 16.4. The van der Waals surface area contributed by atoms with Gasteiger partial charge in [0.15, 0.2) is 0 Å². The summed E-state index contributed by atoms with van der Waals surface area (Å²) in [6.07, 6.45) is -0.979. The Morgan fingerprint density at radius 3 is 2.58 bits per heavy atom. The molecule has 1 aromatic carbocycles. The van der Waals surface area contributed by atoms with Crippen molar-refractivity contribution >= 4 is 28.7 Å². The van der Waals surface area contributed by atoms with Gasteiger partial charge in [-0.05, 0) is 12.1 Å². The molecule has 0 aliphatic carbocycles. The van der Waals surface area contributed by atoms with Gasteiger partial charge in [0.2, 0.25) is 5.91 Å². The van der Waals surface area contributed by atoms with Crippen molar-refractivity contribution in [3.05, 3.63) is 34.6 Å². The van der Waals surface area contributed by atoms with E-state index >= 15 is 0 Å². The van der Waals surface area contributed by atoms with Gasteiger partial charge in [-0.3, -0.25) is 14.4 Å². The van der Waals surface area contributed by atoms with Crippen LogP contribution < -0.4 is 10.9 Å². The molecule has 2 aromatic rings. The Balaban J connectivity index is 2.04. The first kappa shape index (κ1) is 17.1. The minimum absolute atomic E-state index is 0.109. The van der Waals surface area contributed by atoms with Gasteiger partial charge in [-0.15, -0.1) is 5.10 Å². The molecule has 24 heavy (non-hydrogen) atoms. The molecule has 0 saturated carbocycles. The molecule has 1 atom stereocenters. The Morgan fingerprint density at radius 1 is 1.21 bits per heavy atom. The van der Waals surface area contributed by atoms with Gasteiger partial charge in [-0.25, -0.2) is 9.48 Å². The summed E-state index contributed by atoms with van der Waals surface area (Å²) < 4.78 is 0.995. The van der Waals surface area contributed by atoms with Crippen LogP contribution >= 0.6 is 0 Å². The molecule has 0 fully saturated rings. The molecule has 0 radical (unpaired) electrons. The molecule has 0 spiro atoms. The third-order valence-electron chi connectivity index (χ3n) is 3.19. The maximum Gasteiger partial charge on any atom is 0.326 e. The molecule has 3 N–H and O–H groups in total. The number of aromatic nitrogens is 3. The van der Waals surface area contributed by atoms with Gasteiger partial charge in [0.1, 0.15) is 11.6 Å². The highest BCUT2D eigenvalue weighted by Crippen LogP contribution is 2.03. The van der Waals surface area contributed by atoms with Crippen molar-refractivity contribution in [1.82, 2.24) is 20.3 Å². The molecular weight excluding hydrogens is 320 g/mol. The second-order valence-corrected chi connectivity index (χ2v) is 4.94. The zero-order chi connectivity index (χ0) is 17.7. The maximum absolute atomic E-state index is 12.2. The van der Waals surface area contributed by atoms with E-state index in [1.54, 1.807) is 24.3 Å². The lowest BCUT2D eigenvalue weighted by Gasteiger charge is -2.12. The number of nitrogens with one attached hydrogen (secondary N) is 1. The van der Waals surface area contributed by atoms with E-state index in [-0.39, 0.29) is 13.0 Å². The van der Waals surface area contributed by atoms with Crippen LogP contribution in [0.5, 0.6) is 0 Å². The quantitative estimate of drug-likeness (QED) is 0.596. The second-order valence-electron chi connectivity index (χ2n) is 4.94. The van der Waals surface area contributed by atoms with E-state index in [1.807, 2.05) is 0 Å². The number of aliphatic carboxylic acids is 2. The van der Waals surface area contributed by atoms with Gasteiger partial charge >= 0.3 is 11.9 Å². The summed E-state index contributed by atoms with van der Waals surface area (Å²) in [7, 11) is 0. The predicted molar refractivity (Wildman–Crippen MR) is 80.2 cm³/mol. The number of hydrogen-bond acceptors (Lipinski definition) is 6. The number of aryl methyl sites for hydroxylation is 1. The van der Waals surface area contributed by atoms with Crippen LogP contribution in [-0.4, -0.2) is 49.1 Å². The van der Waals surface area contributed by atoms with E-state index in [2.05, 4.69) is 15.6 Å². The summed E-state index contributed by atoms with van der Waals surface area (Å²) in [5.41, 5.74) is 0.00400. The van der Waals surface area contributed by atoms with Crippen LogP contribution in [0.15, 0.2) is 29.1 Å². The number of benzene rings is 1. The van der Waals surface area contributed by atoms with Gasteiger partial charge in [0, 0.05) is 6.42 Å². The Kier molecular flexibility index (Phi) is 5.20. The number of carboxylic acid groups (broad SMARTS) is 2. The number of carbonyl (C=O) groups is 3. The Morgan fingerprint density at radius 2 is 1.92 bits per heavy atom.